The molecule has 0 radical (unpaired) electrons. The summed E-state index contributed by atoms with van der Waals surface area (Å²) in [6.07, 6.45) is 1.36. The van der Waals surface area contributed by atoms with E-state index in [2.05, 4.69) is 15.3 Å². The maximum atomic E-state index is 13.3. The monoisotopic (exact) mass is 551 g/mol. The topological polar surface area (TPSA) is 150 Å². The summed E-state index contributed by atoms with van der Waals surface area (Å²) in [4.78, 5) is 34.7. The van der Waals surface area contributed by atoms with Crippen LogP contribution in [0.5, 0.6) is 0 Å². The van der Waals surface area contributed by atoms with E-state index in [9.17, 15) is 9.59 Å². The van der Waals surface area contributed by atoms with E-state index in [1.165, 1.54) is 4.90 Å². The summed E-state index contributed by atoms with van der Waals surface area (Å²) < 4.78 is 1.95. The van der Waals surface area contributed by atoms with Gasteiger partial charge in [-0.1, -0.05) is 6.07 Å². The van der Waals surface area contributed by atoms with E-state index in [1.807, 2.05) is 29.8 Å². The van der Waals surface area contributed by atoms with Gasteiger partial charge in [0, 0.05) is 36.6 Å². The lowest BCUT2D eigenvalue weighted by atomic mass is 10.1. The van der Waals surface area contributed by atoms with Crippen molar-refractivity contribution in [3.05, 3.63) is 83.8 Å². The molecule has 0 unspecified atom stereocenters. The van der Waals surface area contributed by atoms with Gasteiger partial charge in [-0.05, 0) is 54.6 Å². The molecule has 0 aliphatic heterocycles. The van der Waals surface area contributed by atoms with Crippen LogP contribution in [-0.4, -0.2) is 43.9 Å². The van der Waals surface area contributed by atoms with Crippen LogP contribution in [0.15, 0.2) is 66.9 Å². The molecular weight excluding hydrogens is 526 g/mol. The Hall–Kier alpha value is -4.25. The van der Waals surface area contributed by atoms with Crippen LogP contribution in [0, 0.1) is 5.41 Å². The highest BCUT2D eigenvalue weighted by atomic mass is 79.9. The standard InChI is InChI=1S/C25H25N7O3.BrH/c1-31-20-10-7-17(25(35)32(13-11-23(33)34)21-4-2-3-12-28-21)14-19(20)30-22(31)15-29-18-8-5-16(6-9-18)24(26)27;/h2-10,12,14,29H,11,13,15H2,1H3,(H3,26,27)(H,33,34);1H. The number of amides is 1. The number of carbonyl (C=O) groups excluding carboxylic acids is 1. The van der Waals surface area contributed by atoms with E-state index < -0.39 is 5.97 Å². The van der Waals surface area contributed by atoms with Crippen LogP contribution >= 0.6 is 17.0 Å². The highest BCUT2D eigenvalue weighted by Gasteiger charge is 2.21. The minimum absolute atomic E-state index is 0. The first-order valence-electron chi connectivity index (χ1n) is 10.9. The van der Waals surface area contributed by atoms with Gasteiger partial charge in [0.15, 0.2) is 0 Å². The largest absolute Gasteiger partial charge is 0.481 e. The van der Waals surface area contributed by atoms with Crippen molar-refractivity contribution < 1.29 is 14.7 Å². The number of amidine groups is 1. The number of anilines is 2. The molecule has 11 heteroatoms. The number of carboxylic acid groups (broad SMARTS) is 1. The molecule has 0 atom stereocenters. The number of hydrogen-bond donors (Lipinski definition) is 4. The fourth-order valence-corrected chi connectivity index (χ4v) is 3.69. The molecule has 0 aliphatic carbocycles. The Kier molecular flexibility index (Phi) is 8.38. The number of carboxylic acids is 1. The summed E-state index contributed by atoms with van der Waals surface area (Å²) in [5, 5.41) is 19.9. The summed E-state index contributed by atoms with van der Waals surface area (Å²) in [6.45, 7) is 0.454. The van der Waals surface area contributed by atoms with Gasteiger partial charge in [-0.3, -0.25) is 19.9 Å². The molecule has 0 spiro atoms. The van der Waals surface area contributed by atoms with E-state index in [0.29, 0.717) is 29.0 Å². The third kappa shape index (κ3) is 5.87. The van der Waals surface area contributed by atoms with Gasteiger partial charge in [-0.15, -0.1) is 17.0 Å². The fourth-order valence-electron chi connectivity index (χ4n) is 3.69. The first-order chi connectivity index (χ1) is 16.8. The number of halogens is 1. The zero-order valence-electron chi connectivity index (χ0n) is 19.5. The smallest absolute Gasteiger partial charge is 0.305 e. The van der Waals surface area contributed by atoms with Gasteiger partial charge < -0.3 is 20.7 Å². The van der Waals surface area contributed by atoms with Crippen molar-refractivity contribution in [2.24, 2.45) is 12.8 Å². The van der Waals surface area contributed by atoms with Crippen molar-refractivity contribution in [2.45, 2.75) is 13.0 Å². The third-order valence-electron chi connectivity index (χ3n) is 5.59. The number of aliphatic carboxylic acids is 1. The number of benzene rings is 2. The summed E-state index contributed by atoms with van der Waals surface area (Å²) in [7, 11) is 1.90. The number of nitrogen functional groups attached to an aromatic ring is 1. The van der Waals surface area contributed by atoms with Crippen LogP contribution in [0.25, 0.3) is 11.0 Å². The van der Waals surface area contributed by atoms with Gasteiger partial charge in [0.05, 0.1) is 24.0 Å². The predicted octanol–water partition coefficient (Wildman–Crippen LogP) is 3.56. The van der Waals surface area contributed by atoms with Crippen LogP contribution in [0.1, 0.15) is 28.2 Å². The Morgan fingerprint density at radius 1 is 1.11 bits per heavy atom. The zero-order chi connectivity index (χ0) is 24.9. The number of rotatable bonds is 9. The minimum atomic E-state index is -0.994. The Balaban J connectivity index is 0.00000361. The molecule has 36 heavy (non-hydrogen) atoms. The average Bonchev–Trinajstić information content (AvgIpc) is 3.18. The van der Waals surface area contributed by atoms with Gasteiger partial charge in [-0.2, -0.15) is 0 Å². The number of carbonyl (C=O) groups is 2. The van der Waals surface area contributed by atoms with Gasteiger partial charge >= 0.3 is 5.97 Å². The van der Waals surface area contributed by atoms with Gasteiger partial charge in [0.1, 0.15) is 17.5 Å². The number of imidazole rings is 1. The minimum Gasteiger partial charge on any atom is -0.481 e. The second kappa shape index (κ2) is 11.5. The summed E-state index contributed by atoms with van der Waals surface area (Å²) in [5.41, 5.74) is 8.92. The van der Waals surface area contributed by atoms with Gasteiger partial charge in [-0.25, -0.2) is 9.97 Å². The van der Waals surface area contributed by atoms with Crippen molar-refractivity contribution in [3.63, 3.8) is 0 Å². The van der Waals surface area contributed by atoms with Crippen LogP contribution in [-0.2, 0) is 18.4 Å². The lowest BCUT2D eigenvalue weighted by Gasteiger charge is -2.21. The molecule has 1 amide bonds. The van der Waals surface area contributed by atoms with Crippen molar-refractivity contribution in [1.82, 2.24) is 14.5 Å². The first kappa shape index (κ1) is 26.4. The molecule has 10 nitrogen and oxygen atoms in total. The van der Waals surface area contributed by atoms with Crippen LogP contribution in [0.3, 0.4) is 0 Å². The third-order valence-corrected chi connectivity index (χ3v) is 5.59. The molecule has 0 saturated carbocycles. The highest BCUT2D eigenvalue weighted by Crippen LogP contribution is 2.21. The van der Waals surface area contributed by atoms with E-state index in [4.69, 9.17) is 16.2 Å². The molecule has 2 aromatic carbocycles. The Morgan fingerprint density at radius 2 is 1.83 bits per heavy atom. The van der Waals surface area contributed by atoms with Crippen LogP contribution in [0.4, 0.5) is 11.5 Å². The SMILES string of the molecule is Br.Cn1c(CNc2ccc(C(=N)N)cc2)nc2cc(C(=O)N(CCC(=O)O)c3ccccn3)ccc21. The Morgan fingerprint density at radius 3 is 2.47 bits per heavy atom. The number of aryl methyl sites for hydroxylation is 1. The van der Waals surface area contributed by atoms with Crippen molar-refractivity contribution in [3.8, 4) is 0 Å². The predicted molar refractivity (Wildman–Crippen MR) is 144 cm³/mol. The molecule has 0 bridgehead atoms. The van der Waals surface area contributed by atoms with Crippen molar-refractivity contribution in [2.75, 3.05) is 16.8 Å². The normalized spacial score (nSPS) is 10.5. The second-order valence-corrected chi connectivity index (χ2v) is 7.92. The lowest BCUT2D eigenvalue weighted by molar-refractivity contribution is -0.136. The Labute approximate surface area is 218 Å². The molecule has 4 aromatic rings. The molecule has 2 heterocycles. The Bertz CT molecular complexity index is 1390. The number of nitrogens with two attached hydrogens (primary N) is 1. The lowest BCUT2D eigenvalue weighted by Crippen LogP contribution is -2.33. The summed E-state index contributed by atoms with van der Waals surface area (Å²) >= 11 is 0. The molecule has 0 fully saturated rings. The first-order valence-corrected chi connectivity index (χ1v) is 10.9. The number of pyridine rings is 1. The maximum absolute atomic E-state index is 13.3. The second-order valence-electron chi connectivity index (χ2n) is 7.92. The van der Waals surface area contributed by atoms with E-state index in [0.717, 1.165) is 17.0 Å². The van der Waals surface area contributed by atoms with Crippen molar-refractivity contribution >= 4 is 57.2 Å². The quantitative estimate of drug-likeness (QED) is 0.183. The molecule has 4 rings (SSSR count). The molecule has 0 aliphatic rings. The molecule has 186 valence electrons. The highest BCUT2D eigenvalue weighted by molar-refractivity contribution is 8.93. The van der Waals surface area contributed by atoms with Gasteiger partial charge in [0.25, 0.3) is 5.91 Å². The molecule has 2 aromatic heterocycles. The molecule has 0 saturated heterocycles. The fraction of sp³-hybridized carbons (Fsp3) is 0.160. The summed E-state index contributed by atoms with van der Waals surface area (Å²) in [5.74, 6) is -0.162. The number of nitrogens with one attached hydrogen (secondary N) is 2. The molecular formula is C25H26BrN7O3. The zero-order valence-corrected chi connectivity index (χ0v) is 21.2. The number of nitrogens with zero attached hydrogens (tertiary/aromatic N) is 4. The van der Waals surface area contributed by atoms with E-state index in [-0.39, 0.29) is 41.7 Å². The van der Waals surface area contributed by atoms with E-state index >= 15 is 0 Å². The van der Waals surface area contributed by atoms with E-state index in [1.54, 1.807) is 48.7 Å². The van der Waals surface area contributed by atoms with Crippen LogP contribution in [0.2, 0.25) is 0 Å². The molecule has 5 N–H and O–H groups in total. The van der Waals surface area contributed by atoms with Gasteiger partial charge in [0.2, 0.25) is 0 Å². The number of aromatic nitrogens is 3. The average molecular weight is 552 g/mol. The van der Waals surface area contributed by atoms with Crippen molar-refractivity contribution in [1.29, 1.82) is 5.41 Å². The number of fused-ring (bicyclic) bond motifs is 1. The number of hydrogen-bond acceptors (Lipinski definition) is 6. The maximum Gasteiger partial charge on any atom is 0.305 e. The summed E-state index contributed by atoms with van der Waals surface area (Å²) in [6, 6.07) is 17.6. The van der Waals surface area contributed by atoms with Crippen LogP contribution < -0.4 is 16.0 Å².